The van der Waals surface area contributed by atoms with Gasteiger partial charge in [0, 0.05) is 21.3 Å². The van der Waals surface area contributed by atoms with Gasteiger partial charge in [-0.2, -0.15) is 0 Å². The van der Waals surface area contributed by atoms with Crippen molar-refractivity contribution in [3.63, 3.8) is 0 Å². The van der Waals surface area contributed by atoms with E-state index in [0.717, 1.165) is 31.4 Å². The van der Waals surface area contributed by atoms with Crippen molar-refractivity contribution in [2.24, 2.45) is 0 Å². The van der Waals surface area contributed by atoms with E-state index < -0.39 is 16.4 Å². The second-order valence-electron chi connectivity index (χ2n) is 6.05. The van der Waals surface area contributed by atoms with Crippen molar-refractivity contribution in [1.82, 2.24) is 0 Å². The summed E-state index contributed by atoms with van der Waals surface area (Å²) in [5, 5.41) is 11.1. The van der Waals surface area contributed by atoms with Crippen LogP contribution in [0.25, 0.3) is 0 Å². The van der Waals surface area contributed by atoms with Crippen LogP contribution in [-0.2, 0) is 10.8 Å². The van der Waals surface area contributed by atoms with E-state index >= 15 is 0 Å². The number of para-hydroxylation sites is 1. The quantitative estimate of drug-likeness (QED) is 0.849. The van der Waals surface area contributed by atoms with Crippen molar-refractivity contribution in [1.29, 1.82) is 0 Å². The summed E-state index contributed by atoms with van der Waals surface area (Å²) in [5.41, 5.74) is -0.611. The van der Waals surface area contributed by atoms with Crippen molar-refractivity contribution in [2.45, 2.75) is 54.6 Å². The van der Waals surface area contributed by atoms with Gasteiger partial charge in [0.05, 0.1) is 12.2 Å². The summed E-state index contributed by atoms with van der Waals surface area (Å²) in [6.45, 7) is 0.630. The lowest BCUT2D eigenvalue weighted by Crippen LogP contribution is -2.42. The van der Waals surface area contributed by atoms with Gasteiger partial charge in [0.25, 0.3) is 0 Å². The summed E-state index contributed by atoms with van der Waals surface area (Å²) in [6.07, 6.45) is 5.07. The molecule has 1 aromatic carbocycles. The first-order valence-corrected chi connectivity index (χ1v) is 8.73. The van der Waals surface area contributed by atoms with Crippen molar-refractivity contribution in [3.8, 4) is 5.75 Å². The van der Waals surface area contributed by atoms with Crippen molar-refractivity contribution >= 4 is 10.8 Å². The van der Waals surface area contributed by atoms with E-state index in [0.29, 0.717) is 19.4 Å². The molecule has 0 aliphatic carbocycles. The highest BCUT2D eigenvalue weighted by molar-refractivity contribution is 7.86. The Morgan fingerprint density at radius 1 is 1.20 bits per heavy atom. The molecule has 2 saturated heterocycles. The normalized spacial score (nSPS) is 36.0. The average Bonchev–Trinajstić information content (AvgIpc) is 2.68. The maximum absolute atomic E-state index is 12.0. The van der Waals surface area contributed by atoms with E-state index in [4.69, 9.17) is 4.74 Å². The second-order valence-corrected chi connectivity index (χ2v) is 8.04. The molecule has 1 N–H and O–H groups in total. The van der Waals surface area contributed by atoms with Gasteiger partial charge >= 0.3 is 0 Å². The van der Waals surface area contributed by atoms with E-state index in [1.165, 1.54) is 0 Å². The minimum Gasteiger partial charge on any atom is -0.494 e. The molecule has 1 aromatic rings. The summed E-state index contributed by atoms with van der Waals surface area (Å²) in [5.74, 6) is 0.879. The molecule has 2 heterocycles. The Balaban J connectivity index is 1.46. The summed E-state index contributed by atoms with van der Waals surface area (Å²) in [7, 11) is -0.693. The zero-order valence-electron chi connectivity index (χ0n) is 11.7. The smallest absolute Gasteiger partial charge is 0.119 e. The molecule has 2 bridgehead atoms. The molecule has 3 nitrogen and oxygen atoms in total. The molecule has 0 saturated carbocycles. The predicted octanol–water partition coefficient (Wildman–Crippen LogP) is 2.65. The Bertz CT molecular complexity index is 458. The van der Waals surface area contributed by atoms with Crippen LogP contribution < -0.4 is 4.74 Å². The standard InChI is InChI=1S/C16H22O3S/c17-16(11-14-7-8-15(12-16)20(14)18)9-4-10-19-13-5-2-1-3-6-13/h1-3,5-6,14-15,17H,4,7-12H2. The number of ether oxygens (including phenoxy) is 1. The van der Waals surface area contributed by atoms with Crippen LogP contribution in [0.5, 0.6) is 5.75 Å². The predicted molar refractivity (Wildman–Crippen MR) is 80.3 cm³/mol. The van der Waals surface area contributed by atoms with Gasteiger partial charge in [0.15, 0.2) is 0 Å². The van der Waals surface area contributed by atoms with E-state index in [2.05, 4.69) is 0 Å². The molecular weight excluding hydrogens is 272 g/mol. The highest BCUT2D eigenvalue weighted by Gasteiger charge is 2.47. The lowest BCUT2D eigenvalue weighted by atomic mass is 9.89. The third kappa shape index (κ3) is 3.07. The minimum atomic E-state index is -0.693. The number of benzene rings is 1. The van der Waals surface area contributed by atoms with Gasteiger partial charge in [-0.25, -0.2) is 0 Å². The van der Waals surface area contributed by atoms with Gasteiger partial charge in [-0.05, 0) is 50.7 Å². The molecule has 0 radical (unpaired) electrons. The van der Waals surface area contributed by atoms with Crippen LogP contribution >= 0.6 is 0 Å². The first-order valence-electron chi connectivity index (χ1n) is 7.46. The number of aliphatic hydroxyl groups is 1. The largest absolute Gasteiger partial charge is 0.494 e. The molecule has 20 heavy (non-hydrogen) atoms. The molecule has 2 aliphatic rings. The SMILES string of the molecule is O=S1C2CCC1CC(O)(CCCOc1ccccc1)C2. The highest BCUT2D eigenvalue weighted by Crippen LogP contribution is 2.42. The third-order valence-corrected chi connectivity index (χ3v) is 6.60. The Morgan fingerprint density at radius 3 is 2.50 bits per heavy atom. The summed E-state index contributed by atoms with van der Waals surface area (Å²) < 4.78 is 17.6. The van der Waals surface area contributed by atoms with E-state index in [1.54, 1.807) is 0 Å². The molecule has 110 valence electrons. The molecule has 2 aliphatic heterocycles. The maximum atomic E-state index is 12.0. The first kappa shape index (κ1) is 14.1. The Morgan fingerprint density at radius 2 is 1.85 bits per heavy atom. The van der Waals surface area contributed by atoms with Crippen LogP contribution in [0.1, 0.15) is 38.5 Å². The highest BCUT2D eigenvalue weighted by atomic mass is 32.2. The zero-order chi connectivity index (χ0) is 14.0. The lowest BCUT2D eigenvalue weighted by molar-refractivity contribution is 0.00946. The molecular formula is C16H22O3S. The molecule has 0 amide bonds. The Labute approximate surface area is 122 Å². The number of hydrogen-bond donors (Lipinski definition) is 1. The van der Waals surface area contributed by atoms with Gasteiger partial charge in [0.1, 0.15) is 5.75 Å². The maximum Gasteiger partial charge on any atom is 0.119 e. The van der Waals surface area contributed by atoms with Crippen LogP contribution in [0.2, 0.25) is 0 Å². The number of rotatable bonds is 5. The molecule has 2 fully saturated rings. The fourth-order valence-corrected chi connectivity index (χ4v) is 5.72. The van der Waals surface area contributed by atoms with Gasteiger partial charge < -0.3 is 9.84 Å². The Hall–Kier alpha value is -0.870. The zero-order valence-corrected chi connectivity index (χ0v) is 12.5. The monoisotopic (exact) mass is 294 g/mol. The third-order valence-electron chi connectivity index (χ3n) is 4.48. The summed E-state index contributed by atoms with van der Waals surface area (Å²) in [4.78, 5) is 0. The van der Waals surface area contributed by atoms with Crippen LogP contribution in [-0.4, -0.2) is 32.0 Å². The van der Waals surface area contributed by atoms with Crippen LogP contribution in [0.3, 0.4) is 0 Å². The van der Waals surface area contributed by atoms with Crippen LogP contribution in [0.4, 0.5) is 0 Å². The van der Waals surface area contributed by atoms with Crippen molar-refractivity contribution < 1.29 is 14.1 Å². The summed E-state index contributed by atoms with van der Waals surface area (Å²) >= 11 is 0. The van der Waals surface area contributed by atoms with E-state index in [9.17, 15) is 9.32 Å². The van der Waals surface area contributed by atoms with E-state index in [1.807, 2.05) is 30.3 Å². The van der Waals surface area contributed by atoms with Gasteiger partial charge in [-0.15, -0.1) is 0 Å². The minimum absolute atomic E-state index is 0.230. The molecule has 4 heteroatoms. The lowest BCUT2D eigenvalue weighted by Gasteiger charge is -2.35. The number of fused-ring (bicyclic) bond motifs is 2. The second kappa shape index (κ2) is 5.86. The number of hydrogen-bond acceptors (Lipinski definition) is 3. The van der Waals surface area contributed by atoms with Crippen LogP contribution in [0.15, 0.2) is 30.3 Å². The van der Waals surface area contributed by atoms with Crippen molar-refractivity contribution in [2.75, 3.05) is 6.61 Å². The molecule has 3 rings (SSSR count). The van der Waals surface area contributed by atoms with Crippen LogP contribution in [0, 0.1) is 0 Å². The molecule has 2 unspecified atom stereocenters. The fraction of sp³-hybridized carbons (Fsp3) is 0.625. The summed E-state index contributed by atoms with van der Waals surface area (Å²) in [6, 6.07) is 9.76. The average molecular weight is 294 g/mol. The van der Waals surface area contributed by atoms with Crippen molar-refractivity contribution in [3.05, 3.63) is 30.3 Å². The van der Waals surface area contributed by atoms with E-state index in [-0.39, 0.29) is 10.5 Å². The van der Waals surface area contributed by atoms with Gasteiger partial charge in [-0.3, -0.25) is 4.21 Å². The molecule has 0 spiro atoms. The molecule has 0 aromatic heterocycles. The fourth-order valence-electron chi connectivity index (χ4n) is 3.49. The van der Waals surface area contributed by atoms with Gasteiger partial charge in [-0.1, -0.05) is 18.2 Å². The molecule has 2 atom stereocenters. The first-order chi connectivity index (χ1) is 9.66. The topological polar surface area (TPSA) is 46.5 Å². The Kier molecular flexibility index (Phi) is 4.13. The van der Waals surface area contributed by atoms with Gasteiger partial charge in [0.2, 0.25) is 0 Å².